The van der Waals surface area contributed by atoms with Crippen molar-refractivity contribution < 1.29 is 45.4 Å². The molecular weight excluding hydrogens is 235 g/mol. The predicted molar refractivity (Wildman–Crippen MR) is 33.1 cm³/mol. The molecule has 0 bridgehead atoms. The van der Waals surface area contributed by atoms with Crippen LogP contribution in [0.4, 0.5) is 0 Å². The number of rotatable bonds is 0. The molecule has 0 heterocycles. The van der Waals surface area contributed by atoms with E-state index in [0.29, 0.717) is 0 Å². The maximum absolute atomic E-state index is 7.33. The molecule has 0 spiro atoms. The van der Waals surface area contributed by atoms with Crippen molar-refractivity contribution in [1.29, 1.82) is 0 Å². The maximum atomic E-state index is 7.33. The summed E-state index contributed by atoms with van der Waals surface area (Å²) < 4.78 is 0. The van der Waals surface area contributed by atoms with Gasteiger partial charge in [-0.1, -0.05) is 0 Å². The first-order chi connectivity index (χ1) is 2.00. The van der Waals surface area contributed by atoms with Crippen LogP contribution >= 0.6 is 0 Å². The van der Waals surface area contributed by atoms with Crippen LogP contribution in [0.3, 0.4) is 0 Å². The first kappa shape index (κ1) is 22.5. The fraction of sp³-hybridized carbons (Fsp3) is 0. The summed E-state index contributed by atoms with van der Waals surface area (Å²) in [6, 6.07) is 0. The van der Waals surface area contributed by atoms with Crippen molar-refractivity contribution in [2.75, 3.05) is 0 Å². The zero-order valence-corrected chi connectivity index (χ0v) is 6.25. The molecule has 0 saturated carbocycles. The first-order valence-electron chi connectivity index (χ1n) is 0.894. The van der Waals surface area contributed by atoms with Crippen molar-refractivity contribution >= 4 is 49.5 Å². The van der Waals surface area contributed by atoms with Crippen molar-refractivity contribution in [1.82, 2.24) is 0 Å². The van der Waals surface area contributed by atoms with Crippen molar-refractivity contribution in [3.63, 3.8) is 0 Å². The summed E-state index contributed by atoms with van der Waals surface area (Å²) in [6.07, 6.45) is 0. The molecule has 0 aliphatic carbocycles. The maximum Gasteiger partial charge on any atom is 0.668 e. The Morgan fingerprint density at radius 2 is 0.875 bits per heavy atom. The van der Waals surface area contributed by atoms with Crippen molar-refractivity contribution in [2.24, 2.45) is 0 Å². The van der Waals surface area contributed by atoms with Gasteiger partial charge >= 0.3 is 32.1 Å². The minimum Gasteiger partial charge on any atom is -0.368 e. The average molecular weight is 244 g/mol. The van der Waals surface area contributed by atoms with E-state index in [4.69, 9.17) is 19.2 Å². The summed E-state index contributed by atoms with van der Waals surface area (Å²) in [5.74, 6) is 0. The Kier molecular flexibility index (Phi) is 25.9. The Morgan fingerprint density at radius 3 is 0.875 bits per heavy atom. The summed E-state index contributed by atoms with van der Waals surface area (Å²) in [6.45, 7) is 0. The molecule has 0 aliphatic heterocycles. The van der Waals surface area contributed by atoms with Crippen LogP contribution in [0.1, 0.15) is 0 Å². The fourth-order valence-corrected chi connectivity index (χ4v) is 0. The molecule has 0 aromatic heterocycles. The Balaban J connectivity index is -0.0000000267. The molecule has 0 rings (SSSR count). The standard InChI is InChI=1S/Al.Mg.H4O4Si.Zr.5H/c;;1-5(2,3)4;;;;;;/h;;1-4H;;;;;;. The molecule has 0 atom stereocenters. The second-order valence-corrected chi connectivity index (χ2v) is 1.80. The van der Waals surface area contributed by atoms with E-state index in [0.717, 1.165) is 0 Å². The molecular formula is H9AlMgO4SiZr. The molecule has 46 valence electrons. The Hall–Kier alpha value is 2.24. The van der Waals surface area contributed by atoms with Gasteiger partial charge in [0.25, 0.3) is 0 Å². The van der Waals surface area contributed by atoms with Gasteiger partial charge in [0.05, 0.1) is 0 Å². The third kappa shape index (κ3) is 86.1. The largest absolute Gasteiger partial charge is 0.668 e. The molecule has 0 aromatic rings. The van der Waals surface area contributed by atoms with E-state index in [1.54, 1.807) is 0 Å². The SMILES string of the molecule is O[Si](O)(O)O.[AlH3].[MgH2].[Zr]. The summed E-state index contributed by atoms with van der Waals surface area (Å²) >= 11 is 0. The molecule has 0 saturated heterocycles. The molecule has 8 heavy (non-hydrogen) atoms. The van der Waals surface area contributed by atoms with Crippen LogP contribution < -0.4 is 0 Å². The number of hydrogen-bond donors (Lipinski definition) is 4. The monoisotopic (exact) mass is 242 g/mol. The van der Waals surface area contributed by atoms with Crippen LogP contribution in [0, 0.1) is 0 Å². The van der Waals surface area contributed by atoms with Gasteiger partial charge < -0.3 is 19.2 Å². The van der Waals surface area contributed by atoms with Crippen LogP contribution in [-0.4, -0.2) is 68.6 Å². The summed E-state index contributed by atoms with van der Waals surface area (Å²) in [5.41, 5.74) is 0. The molecule has 4 N–H and O–H groups in total. The van der Waals surface area contributed by atoms with E-state index >= 15 is 0 Å². The van der Waals surface area contributed by atoms with Gasteiger partial charge in [-0.05, 0) is 0 Å². The fourth-order valence-electron chi connectivity index (χ4n) is 0. The van der Waals surface area contributed by atoms with Gasteiger partial charge in [0.15, 0.2) is 17.4 Å². The minimum absolute atomic E-state index is 0. The minimum atomic E-state index is -4.61. The third-order valence-corrected chi connectivity index (χ3v) is 0. The molecule has 0 fully saturated rings. The molecule has 0 aliphatic rings. The molecule has 8 heteroatoms. The van der Waals surface area contributed by atoms with Crippen LogP contribution in [-0.2, 0) is 26.2 Å². The number of hydrogen-bond acceptors (Lipinski definition) is 4. The van der Waals surface area contributed by atoms with E-state index in [2.05, 4.69) is 0 Å². The Bertz CT molecular complexity index is 31.5. The second kappa shape index (κ2) is 9.24. The molecule has 0 radical (unpaired) electrons. The van der Waals surface area contributed by atoms with E-state index < -0.39 is 9.05 Å². The smallest absolute Gasteiger partial charge is 0.368 e. The van der Waals surface area contributed by atoms with E-state index in [9.17, 15) is 0 Å². The van der Waals surface area contributed by atoms with Gasteiger partial charge in [0, 0.05) is 26.2 Å². The van der Waals surface area contributed by atoms with E-state index in [-0.39, 0.29) is 66.6 Å². The normalized spacial score (nSPS) is 7.50. The predicted octanol–water partition coefficient (Wildman–Crippen LogP) is -4.71. The quantitative estimate of drug-likeness (QED) is 0.322. The van der Waals surface area contributed by atoms with Gasteiger partial charge in [-0.2, -0.15) is 0 Å². The Labute approximate surface area is 93.8 Å². The molecule has 0 amide bonds. The zero-order valence-electron chi connectivity index (χ0n) is 2.79. The van der Waals surface area contributed by atoms with Gasteiger partial charge in [-0.25, -0.2) is 0 Å². The third-order valence-electron chi connectivity index (χ3n) is 0. The average Bonchev–Trinajstić information content (AvgIpc) is 0.722. The summed E-state index contributed by atoms with van der Waals surface area (Å²) in [4.78, 5) is 29.3. The zero-order chi connectivity index (χ0) is 4.50. The van der Waals surface area contributed by atoms with Gasteiger partial charge in [-0.3, -0.25) is 0 Å². The van der Waals surface area contributed by atoms with Gasteiger partial charge in [0.1, 0.15) is 0 Å². The molecule has 0 unspecified atom stereocenters. The van der Waals surface area contributed by atoms with Crippen LogP contribution in [0.5, 0.6) is 0 Å². The van der Waals surface area contributed by atoms with Gasteiger partial charge in [0.2, 0.25) is 0 Å². The van der Waals surface area contributed by atoms with Crippen molar-refractivity contribution in [3.8, 4) is 0 Å². The van der Waals surface area contributed by atoms with Crippen LogP contribution in [0.15, 0.2) is 0 Å². The second-order valence-electron chi connectivity index (χ2n) is 0.600. The van der Waals surface area contributed by atoms with Crippen LogP contribution in [0.25, 0.3) is 0 Å². The summed E-state index contributed by atoms with van der Waals surface area (Å²) in [7, 11) is -4.61. The first-order valence-corrected chi connectivity index (χ1v) is 2.68. The van der Waals surface area contributed by atoms with Gasteiger partial charge in [-0.15, -0.1) is 0 Å². The Morgan fingerprint density at radius 1 is 0.875 bits per heavy atom. The van der Waals surface area contributed by atoms with E-state index in [1.165, 1.54) is 0 Å². The molecule has 0 aromatic carbocycles. The molecule has 4 nitrogen and oxygen atoms in total. The van der Waals surface area contributed by atoms with E-state index in [1.807, 2.05) is 0 Å². The summed E-state index contributed by atoms with van der Waals surface area (Å²) in [5, 5.41) is 0. The van der Waals surface area contributed by atoms with Crippen molar-refractivity contribution in [3.05, 3.63) is 0 Å². The van der Waals surface area contributed by atoms with Crippen molar-refractivity contribution in [2.45, 2.75) is 0 Å². The van der Waals surface area contributed by atoms with Crippen LogP contribution in [0.2, 0.25) is 0 Å². The topological polar surface area (TPSA) is 80.9 Å².